The Labute approximate surface area is 158 Å². The molecule has 0 aromatic heterocycles. The van der Waals surface area contributed by atoms with Crippen LogP contribution in [0.3, 0.4) is 0 Å². The number of benzene rings is 2. The van der Waals surface area contributed by atoms with Gasteiger partial charge in [0.1, 0.15) is 0 Å². The molecule has 6 nitrogen and oxygen atoms in total. The molecule has 142 valence electrons. The highest BCUT2D eigenvalue weighted by molar-refractivity contribution is 7.89. The van der Waals surface area contributed by atoms with E-state index in [1.807, 2.05) is 12.1 Å². The first-order valence-electron chi connectivity index (χ1n) is 8.71. The first-order chi connectivity index (χ1) is 12.8. The smallest absolute Gasteiger partial charge is 0.338 e. The molecule has 0 bridgehead atoms. The number of nitrogens with two attached hydrogens (primary N) is 1. The Morgan fingerprint density at radius 3 is 2.37 bits per heavy atom. The van der Waals surface area contributed by atoms with E-state index in [1.165, 1.54) is 23.3 Å². The standard InChI is InChI=1S/C20H21NO5S/c1-13-6-7-17(11-19(13)27(21,24)25)20(23)26-12-18(22)16-9-8-14-4-2-3-5-15(14)10-16/h6-11H,2-5,12H2,1H3,(H2,21,24,25). The van der Waals surface area contributed by atoms with E-state index in [0.717, 1.165) is 31.7 Å². The minimum Gasteiger partial charge on any atom is -0.454 e. The number of Topliss-reactive ketones (excluding diaryl/α,β-unsaturated/α-hetero) is 1. The maximum Gasteiger partial charge on any atom is 0.338 e. The summed E-state index contributed by atoms with van der Waals surface area (Å²) >= 11 is 0. The summed E-state index contributed by atoms with van der Waals surface area (Å²) in [5.41, 5.74) is 3.42. The van der Waals surface area contributed by atoms with E-state index in [1.54, 1.807) is 13.0 Å². The van der Waals surface area contributed by atoms with E-state index in [2.05, 4.69) is 0 Å². The number of fused-ring (bicyclic) bond motifs is 1. The Balaban J connectivity index is 1.70. The lowest BCUT2D eigenvalue weighted by atomic mass is 9.90. The first kappa shape index (κ1) is 19.3. The highest BCUT2D eigenvalue weighted by Gasteiger charge is 2.18. The van der Waals surface area contributed by atoms with Crippen molar-refractivity contribution in [1.29, 1.82) is 0 Å². The summed E-state index contributed by atoms with van der Waals surface area (Å²) in [7, 11) is -3.95. The van der Waals surface area contributed by atoms with Crippen molar-refractivity contribution in [2.24, 2.45) is 5.14 Å². The van der Waals surface area contributed by atoms with Crippen LogP contribution in [-0.4, -0.2) is 26.8 Å². The van der Waals surface area contributed by atoms with Crippen LogP contribution in [0.5, 0.6) is 0 Å². The molecule has 0 unspecified atom stereocenters. The van der Waals surface area contributed by atoms with E-state index < -0.39 is 22.6 Å². The number of carbonyl (C=O) groups is 2. The van der Waals surface area contributed by atoms with Crippen molar-refractivity contribution in [1.82, 2.24) is 0 Å². The van der Waals surface area contributed by atoms with Crippen LogP contribution in [0.4, 0.5) is 0 Å². The van der Waals surface area contributed by atoms with Gasteiger partial charge >= 0.3 is 5.97 Å². The number of rotatable bonds is 5. The summed E-state index contributed by atoms with van der Waals surface area (Å²) in [6, 6.07) is 9.66. The lowest BCUT2D eigenvalue weighted by Crippen LogP contribution is -2.17. The van der Waals surface area contributed by atoms with Gasteiger partial charge in [0.25, 0.3) is 0 Å². The highest BCUT2D eigenvalue weighted by atomic mass is 32.2. The third-order valence-corrected chi connectivity index (χ3v) is 5.79. The van der Waals surface area contributed by atoms with Gasteiger partial charge in [0.2, 0.25) is 10.0 Å². The number of carbonyl (C=O) groups excluding carboxylic acids is 2. The van der Waals surface area contributed by atoms with Crippen molar-refractivity contribution in [3.8, 4) is 0 Å². The number of esters is 1. The van der Waals surface area contributed by atoms with Crippen molar-refractivity contribution in [3.05, 3.63) is 64.2 Å². The van der Waals surface area contributed by atoms with Crippen LogP contribution in [-0.2, 0) is 27.6 Å². The summed E-state index contributed by atoms with van der Waals surface area (Å²) < 4.78 is 28.2. The molecule has 2 aromatic rings. The van der Waals surface area contributed by atoms with Crippen LogP contribution in [0.2, 0.25) is 0 Å². The molecule has 3 rings (SSSR count). The molecule has 2 N–H and O–H groups in total. The quantitative estimate of drug-likeness (QED) is 0.627. The zero-order valence-electron chi connectivity index (χ0n) is 15.0. The average Bonchev–Trinajstić information content (AvgIpc) is 2.64. The lowest BCUT2D eigenvalue weighted by molar-refractivity contribution is 0.0474. The Kier molecular flexibility index (Phi) is 5.43. The topological polar surface area (TPSA) is 104 Å². The van der Waals surface area contributed by atoms with Crippen LogP contribution in [0.25, 0.3) is 0 Å². The maximum atomic E-state index is 12.4. The number of aryl methyl sites for hydroxylation is 3. The van der Waals surface area contributed by atoms with Gasteiger partial charge in [-0.1, -0.05) is 18.2 Å². The fourth-order valence-electron chi connectivity index (χ4n) is 3.24. The molecule has 0 fully saturated rings. The third kappa shape index (κ3) is 4.43. The van der Waals surface area contributed by atoms with Gasteiger partial charge in [0.15, 0.2) is 12.4 Å². The van der Waals surface area contributed by atoms with Gasteiger partial charge in [-0.05, 0) is 67.5 Å². The molecule has 1 aliphatic rings. The summed E-state index contributed by atoms with van der Waals surface area (Å²) in [6.07, 6.45) is 4.25. The summed E-state index contributed by atoms with van der Waals surface area (Å²) in [5, 5.41) is 5.15. The molecule has 0 aliphatic heterocycles. The van der Waals surface area contributed by atoms with Crippen molar-refractivity contribution in [2.45, 2.75) is 37.5 Å². The summed E-state index contributed by atoms with van der Waals surface area (Å²) in [5.74, 6) is -1.07. The van der Waals surface area contributed by atoms with Crippen molar-refractivity contribution < 1.29 is 22.7 Å². The maximum absolute atomic E-state index is 12.4. The summed E-state index contributed by atoms with van der Waals surface area (Å²) in [6.45, 7) is 1.17. The predicted molar refractivity (Wildman–Crippen MR) is 100 cm³/mol. The van der Waals surface area contributed by atoms with Gasteiger partial charge in [-0.15, -0.1) is 0 Å². The van der Waals surface area contributed by atoms with Crippen molar-refractivity contribution in [2.75, 3.05) is 6.61 Å². The molecule has 0 saturated carbocycles. The van der Waals surface area contributed by atoms with Gasteiger partial charge < -0.3 is 4.74 Å². The van der Waals surface area contributed by atoms with E-state index in [9.17, 15) is 18.0 Å². The largest absolute Gasteiger partial charge is 0.454 e. The molecule has 7 heteroatoms. The van der Waals surface area contributed by atoms with E-state index in [0.29, 0.717) is 11.1 Å². The minimum absolute atomic E-state index is 0.0304. The van der Waals surface area contributed by atoms with Crippen LogP contribution in [0, 0.1) is 6.92 Å². The van der Waals surface area contributed by atoms with E-state index in [4.69, 9.17) is 9.88 Å². The molecule has 0 atom stereocenters. The highest BCUT2D eigenvalue weighted by Crippen LogP contribution is 2.22. The third-order valence-electron chi connectivity index (χ3n) is 4.74. The van der Waals surface area contributed by atoms with Gasteiger partial charge in [0, 0.05) is 5.56 Å². The molecule has 1 aliphatic carbocycles. The Morgan fingerprint density at radius 1 is 1.00 bits per heavy atom. The molecule has 0 radical (unpaired) electrons. The molecule has 0 saturated heterocycles. The fourth-order valence-corrected chi connectivity index (χ4v) is 4.05. The Bertz CT molecular complexity index is 1010. The minimum atomic E-state index is -3.95. The van der Waals surface area contributed by atoms with E-state index in [-0.39, 0.29) is 16.2 Å². The first-order valence-corrected chi connectivity index (χ1v) is 10.3. The average molecular weight is 387 g/mol. The SMILES string of the molecule is Cc1ccc(C(=O)OCC(=O)c2ccc3c(c2)CCCC3)cc1S(N)(=O)=O. The van der Waals surface area contributed by atoms with Gasteiger partial charge in [-0.25, -0.2) is 18.4 Å². The Hall–Kier alpha value is -2.51. The second kappa shape index (κ2) is 7.62. The number of sulfonamides is 1. The van der Waals surface area contributed by atoms with Crippen LogP contribution in [0.15, 0.2) is 41.3 Å². The summed E-state index contributed by atoms with van der Waals surface area (Å²) in [4.78, 5) is 24.4. The van der Waals surface area contributed by atoms with Crippen molar-refractivity contribution in [3.63, 3.8) is 0 Å². The van der Waals surface area contributed by atoms with Gasteiger partial charge in [0.05, 0.1) is 10.5 Å². The number of ether oxygens (including phenoxy) is 1. The predicted octanol–water partition coefficient (Wildman–Crippen LogP) is 2.56. The lowest BCUT2D eigenvalue weighted by Gasteiger charge is -2.16. The molecule has 27 heavy (non-hydrogen) atoms. The molecular formula is C20H21NO5S. The zero-order valence-corrected chi connectivity index (χ0v) is 15.8. The molecular weight excluding hydrogens is 366 g/mol. The number of primary sulfonamides is 1. The number of ketones is 1. The van der Waals surface area contributed by atoms with Crippen molar-refractivity contribution >= 4 is 21.8 Å². The molecule has 0 spiro atoms. The van der Waals surface area contributed by atoms with Crippen LogP contribution >= 0.6 is 0 Å². The second-order valence-corrected chi connectivity index (χ2v) is 8.25. The molecule has 2 aromatic carbocycles. The number of hydrogen-bond donors (Lipinski definition) is 1. The fraction of sp³-hybridized carbons (Fsp3) is 0.300. The monoisotopic (exact) mass is 387 g/mol. The van der Waals surface area contributed by atoms with Gasteiger partial charge in [-0.3, -0.25) is 4.79 Å². The zero-order chi connectivity index (χ0) is 19.6. The van der Waals surface area contributed by atoms with Crippen LogP contribution < -0.4 is 5.14 Å². The Morgan fingerprint density at radius 2 is 1.67 bits per heavy atom. The van der Waals surface area contributed by atoms with E-state index >= 15 is 0 Å². The molecule has 0 amide bonds. The normalized spacial score (nSPS) is 13.7. The number of hydrogen-bond acceptors (Lipinski definition) is 5. The second-order valence-electron chi connectivity index (χ2n) is 6.72. The van der Waals surface area contributed by atoms with Gasteiger partial charge in [-0.2, -0.15) is 0 Å². The van der Waals surface area contributed by atoms with Crippen LogP contribution in [0.1, 0.15) is 50.2 Å². The molecule has 0 heterocycles.